The average Bonchev–Trinajstić information content (AvgIpc) is 2.35. The Hall–Kier alpha value is -1.33. The molecule has 0 atom stereocenters. The van der Waals surface area contributed by atoms with Crippen molar-refractivity contribution in [3.63, 3.8) is 0 Å². The highest BCUT2D eigenvalue weighted by Gasteiger charge is 2.14. The minimum atomic E-state index is -0.698. The molecule has 0 spiro atoms. The van der Waals surface area contributed by atoms with E-state index >= 15 is 0 Å². The first-order valence-corrected chi connectivity index (χ1v) is 5.69. The Morgan fingerprint density at radius 2 is 2.12 bits per heavy atom. The average molecular weight is 240 g/mol. The third-order valence-corrected chi connectivity index (χ3v) is 2.92. The molecule has 4 nitrogen and oxygen atoms in total. The number of rotatable bonds is 3. The predicted molar refractivity (Wildman–Crippen MR) is 62.8 cm³/mol. The van der Waals surface area contributed by atoms with Crippen molar-refractivity contribution in [1.29, 1.82) is 0 Å². The maximum Gasteiger partial charge on any atom is 0.206 e. The van der Waals surface area contributed by atoms with Gasteiger partial charge in [0, 0.05) is 32.7 Å². The van der Waals surface area contributed by atoms with Crippen LogP contribution in [0.5, 0.6) is 11.5 Å². The Morgan fingerprint density at radius 3 is 2.76 bits per heavy atom. The van der Waals surface area contributed by atoms with Gasteiger partial charge in [0.15, 0.2) is 11.5 Å². The zero-order valence-corrected chi connectivity index (χ0v) is 9.87. The molecule has 1 aliphatic heterocycles. The summed E-state index contributed by atoms with van der Waals surface area (Å²) >= 11 is 0. The lowest BCUT2D eigenvalue weighted by atomic mass is 10.1. The van der Waals surface area contributed by atoms with E-state index in [0.717, 1.165) is 31.7 Å². The second kappa shape index (κ2) is 5.33. The molecule has 94 valence electrons. The minimum Gasteiger partial charge on any atom is -0.505 e. The molecule has 1 saturated heterocycles. The summed E-state index contributed by atoms with van der Waals surface area (Å²) in [6, 6.07) is 3.09. The Morgan fingerprint density at radius 1 is 1.41 bits per heavy atom. The van der Waals surface area contributed by atoms with E-state index in [2.05, 4.69) is 10.2 Å². The molecular weight excluding hydrogens is 223 g/mol. The maximum atomic E-state index is 13.4. The molecule has 0 saturated carbocycles. The molecule has 1 aliphatic rings. The molecule has 0 radical (unpaired) electrons. The van der Waals surface area contributed by atoms with Gasteiger partial charge in [-0.25, -0.2) is 0 Å². The van der Waals surface area contributed by atoms with E-state index in [4.69, 9.17) is 4.74 Å². The van der Waals surface area contributed by atoms with Crippen molar-refractivity contribution in [3.05, 3.63) is 23.5 Å². The minimum absolute atomic E-state index is 0.0927. The topological polar surface area (TPSA) is 44.7 Å². The van der Waals surface area contributed by atoms with E-state index in [-0.39, 0.29) is 11.5 Å². The quantitative estimate of drug-likeness (QED) is 0.825. The highest BCUT2D eigenvalue weighted by atomic mass is 19.1. The zero-order valence-electron chi connectivity index (χ0n) is 9.87. The fourth-order valence-electron chi connectivity index (χ4n) is 2.01. The number of nitrogens with zero attached hydrogens (tertiary/aromatic N) is 1. The zero-order chi connectivity index (χ0) is 12.3. The lowest BCUT2D eigenvalue weighted by Gasteiger charge is -2.27. The molecule has 5 heteroatoms. The Kier molecular flexibility index (Phi) is 3.81. The van der Waals surface area contributed by atoms with Crippen molar-refractivity contribution in [2.75, 3.05) is 33.3 Å². The summed E-state index contributed by atoms with van der Waals surface area (Å²) in [4.78, 5) is 2.25. The monoisotopic (exact) mass is 240 g/mol. The standard InChI is InChI=1S/C12H17FN2O2/c1-17-11-7-9(6-10(16)12(11)13)8-15-4-2-14-3-5-15/h6-7,14,16H,2-5,8H2,1H3. The first-order chi connectivity index (χ1) is 8.20. The van der Waals surface area contributed by atoms with Crippen molar-refractivity contribution in [2.45, 2.75) is 6.54 Å². The van der Waals surface area contributed by atoms with Crippen LogP contribution in [0.1, 0.15) is 5.56 Å². The third-order valence-electron chi connectivity index (χ3n) is 2.92. The van der Waals surface area contributed by atoms with Gasteiger partial charge in [0.2, 0.25) is 5.82 Å². The number of piperazine rings is 1. The van der Waals surface area contributed by atoms with Gasteiger partial charge < -0.3 is 15.2 Å². The summed E-state index contributed by atoms with van der Waals surface area (Å²) in [5.41, 5.74) is 0.864. The number of methoxy groups -OCH3 is 1. The number of halogens is 1. The van der Waals surface area contributed by atoms with Crippen LogP contribution in [0.15, 0.2) is 12.1 Å². The van der Waals surface area contributed by atoms with Crippen molar-refractivity contribution < 1.29 is 14.2 Å². The van der Waals surface area contributed by atoms with E-state index in [1.165, 1.54) is 13.2 Å². The van der Waals surface area contributed by atoms with Gasteiger partial charge >= 0.3 is 0 Å². The van der Waals surface area contributed by atoms with Crippen LogP contribution in [0.3, 0.4) is 0 Å². The van der Waals surface area contributed by atoms with Gasteiger partial charge in [0.1, 0.15) is 0 Å². The van der Waals surface area contributed by atoms with Crippen LogP contribution in [-0.2, 0) is 6.54 Å². The molecule has 0 aliphatic carbocycles. The number of hydrogen-bond donors (Lipinski definition) is 2. The fourth-order valence-corrected chi connectivity index (χ4v) is 2.01. The van der Waals surface area contributed by atoms with Gasteiger partial charge in [0.25, 0.3) is 0 Å². The number of ether oxygens (including phenoxy) is 1. The first-order valence-electron chi connectivity index (χ1n) is 5.69. The highest BCUT2D eigenvalue weighted by molar-refractivity contribution is 5.39. The van der Waals surface area contributed by atoms with Crippen LogP contribution >= 0.6 is 0 Å². The maximum absolute atomic E-state index is 13.4. The van der Waals surface area contributed by atoms with Gasteiger partial charge in [-0.05, 0) is 17.7 Å². The fraction of sp³-hybridized carbons (Fsp3) is 0.500. The Labute approximate surface area is 100.0 Å². The molecule has 1 fully saturated rings. The molecule has 2 N–H and O–H groups in total. The Balaban J connectivity index is 2.12. The van der Waals surface area contributed by atoms with Crippen molar-refractivity contribution in [3.8, 4) is 11.5 Å². The predicted octanol–water partition coefficient (Wildman–Crippen LogP) is 0.945. The summed E-state index contributed by atoms with van der Waals surface area (Å²) in [5, 5.41) is 12.7. The van der Waals surface area contributed by atoms with Crippen LogP contribution < -0.4 is 10.1 Å². The SMILES string of the molecule is COc1cc(CN2CCNCC2)cc(O)c1F. The normalized spacial score (nSPS) is 17.1. The molecule has 17 heavy (non-hydrogen) atoms. The van der Waals surface area contributed by atoms with Gasteiger partial charge in [-0.1, -0.05) is 0 Å². The van der Waals surface area contributed by atoms with Crippen LogP contribution in [0, 0.1) is 5.82 Å². The lowest BCUT2D eigenvalue weighted by Crippen LogP contribution is -2.42. The molecule has 1 aromatic carbocycles. The molecule has 0 aromatic heterocycles. The van der Waals surface area contributed by atoms with Crippen molar-refractivity contribution in [1.82, 2.24) is 10.2 Å². The largest absolute Gasteiger partial charge is 0.505 e. The molecule has 0 amide bonds. The second-order valence-electron chi connectivity index (χ2n) is 4.16. The second-order valence-corrected chi connectivity index (χ2v) is 4.16. The van der Waals surface area contributed by atoms with Gasteiger partial charge in [-0.3, -0.25) is 4.90 Å². The van der Waals surface area contributed by atoms with Crippen molar-refractivity contribution >= 4 is 0 Å². The lowest BCUT2D eigenvalue weighted by molar-refractivity contribution is 0.232. The number of nitrogens with one attached hydrogen (secondary N) is 1. The number of aromatic hydroxyl groups is 1. The van der Waals surface area contributed by atoms with E-state index in [1.807, 2.05) is 0 Å². The summed E-state index contributed by atoms with van der Waals surface area (Å²) in [7, 11) is 1.40. The number of hydrogen-bond acceptors (Lipinski definition) is 4. The van der Waals surface area contributed by atoms with E-state index in [9.17, 15) is 9.50 Å². The summed E-state index contributed by atoms with van der Waals surface area (Å²) in [5.74, 6) is -0.957. The Bertz CT molecular complexity index is 392. The molecule has 0 unspecified atom stereocenters. The van der Waals surface area contributed by atoms with Crippen LogP contribution in [0.25, 0.3) is 0 Å². The van der Waals surface area contributed by atoms with Gasteiger partial charge in [-0.15, -0.1) is 0 Å². The molecule has 1 aromatic rings. The summed E-state index contributed by atoms with van der Waals surface area (Å²) in [6.45, 7) is 4.54. The third kappa shape index (κ3) is 2.87. The van der Waals surface area contributed by atoms with E-state index in [1.54, 1.807) is 6.07 Å². The molecular formula is C12H17FN2O2. The summed E-state index contributed by atoms with van der Waals surface area (Å²) < 4.78 is 18.3. The van der Waals surface area contributed by atoms with Crippen LogP contribution in [0.2, 0.25) is 0 Å². The highest BCUT2D eigenvalue weighted by Crippen LogP contribution is 2.28. The van der Waals surface area contributed by atoms with E-state index < -0.39 is 5.82 Å². The number of phenols is 1. The van der Waals surface area contributed by atoms with Crippen molar-refractivity contribution in [2.24, 2.45) is 0 Å². The number of phenolic OH excluding ortho intramolecular Hbond substituents is 1. The summed E-state index contributed by atoms with van der Waals surface area (Å²) in [6.07, 6.45) is 0. The van der Waals surface area contributed by atoms with Crippen LogP contribution in [-0.4, -0.2) is 43.3 Å². The van der Waals surface area contributed by atoms with Crippen LogP contribution in [0.4, 0.5) is 4.39 Å². The van der Waals surface area contributed by atoms with Gasteiger partial charge in [-0.2, -0.15) is 4.39 Å². The first kappa shape index (κ1) is 12.1. The smallest absolute Gasteiger partial charge is 0.206 e. The molecule has 2 rings (SSSR count). The number of benzene rings is 1. The van der Waals surface area contributed by atoms with Gasteiger partial charge in [0.05, 0.1) is 7.11 Å². The van der Waals surface area contributed by atoms with E-state index in [0.29, 0.717) is 6.54 Å². The molecule has 0 bridgehead atoms. The molecule has 1 heterocycles.